The molecule has 0 aromatic rings. The van der Waals surface area contributed by atoms with Gasteiger partial charge in [0.2, 0.25) is 0 Å². The maximum atomic E-state index is 11.2. The summed E-state index contributed by atoms with van der Waals surface area (Å²) in [7, 11) is 0. The number of aldehydes is 1. The highest BCUT2D eigenvalue weighted by atomic mass is 16.6. The molecule has 0 fully saturated rings. The first-order valence-corrected chi connectivity index (χ1v) is 5.29. The van der Waals surface area contributed by atoms with Crippen molar-refractivity contribution in [3.8, 4) is 0 Å². The van der Waals surface area contributed by atoms with E-state index >= 15 is 0 Å². The molecule has 0 saturated heterocycles. The lowest BCUT2D eigenvalue weighted by atomic mass is 10.2. The average molecular weight is 212 g/mol. The number of carbonyl (C=O) groups excluding carboxylic acids is 2. The summed E-state index contributed by atoms with van der Waals surface area (Å²) in [6, 6.07) is 0. The minimum atomic E-state index is -0.432. The highest BCUT2D eigenvalue weighted by Gasteiger charge is 2.13. The summed E-state index contributed by atoms with van der Waals surface area (Å²) in [5.74, 6) is -0.308. The number of hydrogen-bond acceptors (Lipinski definition) is 3. The summed E-state index contributed by atoms with van der Waals surface area (Å²) in [5, 5.41) is 0. The van der Waals surface area contributed by atoms with E-state index in [1.807, 2.05) is 20.8 Å². The quantitative estimate of drug-likeness (QED) is 0.294. The Morgan fingerprint density at radius 1 is 1.20 bits per heavy atom. The summed E-state index contributed by atoms with van der Waals surface area (Å²) in [5.41, 5.74) is -0.432. The van der Waals surface area contributed by atoms with Gasteiger partial charge in [-0.1, -0.05) is 6.08 Å². The fraction of sp³-hybridized carbons (Fsp3) is 0.667. The molecule has 3 heteroatoms. The molecule has 0 aromatic heterocycles. The van der Waals surface area contributed by atoms with Gasteiger partial charge in [0.1, 0.15) is 11.9 Å². The van der Waals surface area contributed by atoms with Crippen LogP contribution in [0.15, 0.2) is 12.2 Å². The van der Waals surface area contributed by atoms with Crippen molar-refractivity contribution in [1.82, 2.24) is 0 Å². The van der Waals surface area contributed by atoms with Crippen LogP contribution in [0.1, 0.15) is 46.5 Å². The largest absolute Gasteiger partial charge is 0.457 e. The number of allylic oxidation sites excluding steroid dienone is 1. The van der Waals surface area contributed by atoms with Crippen LogP contribution >= 0.6 is 0 Å². The Morgan fingerprint density at radius 2 is 1.80 bits per heavy atom. The van der Waals surface area contributed by atoms with Crippen molar-refractivity contribution < 1.29 is 14.3 Å². The SMILES string of the molecule is CC(C)(C)OC(=O)/C=C/CCCCC=O. The van der Waals surface area contributed by atoms with Crippen LogP contribution in [0.5, 0.6) is 0 Å². The van der Waals surface area contributed by atoms with Crippen LogP contribution in [0, 0.1) is 0 Å². The van der Waals surface area contributed by atoms with Gasteiger partial charge in [0.05, 0.1) is 0 Å². The smallest absolute Gasteiger partial charge is 0.330 e. The maximum absolute atomic E-state index is 11.2. The van der Waals surface area contributed by atoms with Crippen LogP contribution in [0.4, 0.5) is 0 Å². The van der Waals surface area contributed by atoms with E-state index in [1.165, 1.54) is 6.08 Å². The van der Waals surface area contributed by atoms with Gasteiger partial charge in [0.15, 0.2) is 0 Å². The Labute approximate surface area is 91.5 Å². The van der Waals surface area contributed by atoms with Crippen molar-refractivity contribution in [3.63, 3.8) is 0 Å². The van der Waals surface area contributed by atoms with Gasteiger partial charge in [0.25, 0.3) is 0 Å². The lowest BCUT2D eigenvalue weighted by Crippen LogP contribution is -2.22. The molecule has 0 aliphatic rings. The molecule has 0 saturated carbocycles. The molecule has 0 radical (unpaired) electrons. The van der Waals surface area contributed by atoms with Gasteiger partial charge in [-0.2, -0.15) is 0 Å². The van der Waals surface area contributed by atoms with Gasteiger partial charge in [-0.25, -0.2) is 4.79 Å². The molecule has 0 aromatic carbocycles. The maximum Gasteiger partial charge on any atom is 0.330 e. The zero-order valence-electron chi connectivity index (χ0n) is 9.79. The molecule has 0 atom stereocenters. The fourth-order valence-electron chi connectivity index (χ4n) is 1.01. The predicted molar refractivity (Wildman–Crippen MR) is 59.5 cm³/mol. The van der Waals surface area contributed by atoms with Crippen LogP contribution in [0.3, 0.4) is 0 Å². The normalized spacial score (nSPS) is 11.7. The lowest BCUT2D eigenvalue weighted by Gasteiger charge is -2.17. The minimum Gasteiger partial charge on any atom is -0.457 e. The van der Waals surface area contributed by atoms with E-state index < -0.39 is 5.60 Å². The Kier molecular flexibility index (Phi) is 6.67. The molecule has 86 valence electrons. The van der Waals surface area contributed by atoms with Crippen LogP contribution in [-0.2, 0) is 14.3 Å². The van der Waals surface area contributed by atoms with E-state index in [9.17, 15) is 9.59 Å². The summed E-state index contributed by atoms with van der Waals surface area (Å²) >= 11 is 0. The minimum absolute atomic E-state index is 0.308. The molecule has 0 unspecified atom stereocenters. The van der Waals surface area contributed by atoms with Crippen LogP contribution < -0.4 is 0 Å². The fourth-order valence-corrected chi connectivity index (χ4v) is 1.01. The van der Waals surface area contributed by atoms with E-state index in [0.717, 1.165) is 25.5 Å². The van der Waals surface area contributed by atoms with Crippen LogP contribution in [-0.4, -0.2) is 17.9 Å². The topological polar surface area (TPSA) is 43.4 Å². The number of ether oxygens (including phenoxy) is 1. The van der Waals surface area contributed by atoms with Crippen molar-refractivity contribution in [2.24, 2.45) is 0 Å². The monoisotopic (exact) mass is 212 g/mol. The zero-order valence-corrected chi connectivity index (χ0v) is 9.79. The van der Waals surface area contributed by atoms with Gasteiger partial charge in [0, 0.05) is 12.5 Å². The molecule has 0 bridgehead atoms. The first-order valence-electron chi connectivity index (χ1n) is 5.29. The number of esters is 1. The van der Waals surface area contributed by atoms with Crippen LogP contribution in [0.2, 0.25) is 0 Å². The van der Waals surface area contributed by atoms with E-state index in [2.05, 4.69) is 0 Å². The van der Waals surface area contributed by atoms with Crippen molar-refractivity contribution >= 4 is 12.3 Å². The van der Waals surface area contributed by atoms with E-state index in [1.54, 1.807) is 6.08 Å². The molecule has 0 aliphatic heterocycles. The summed E-state index contributed by atoms with van der Waals surface area (Å²) in [6.07, 6.45) is 7.37. The van der Waals surface area contributed by atoms with Gasteiger partial charge in [-0.05, 0) is 40.0 Å². The van der Waals surface area contributed by atoms with E-state index in [-0.39, 0.29) is 5.97 Å². The third kappa shape index (κ3) is 10.8. The third-order valence-electron chi connectivity index (χ3n) is 1.60. The predicted octanol–water partition coefficient (Wildman–Crippen LogP) is 2.64. The molecule has 15 heavy (non-hydrogen) atoms. The van der Waals surface area contributed by atoms with E-state index in [0.29, 0.717) is 6.42 Å². The van der Waals surface area contributed by atoms with Crippen molar-refractivity contribution in [2.75, 3.05) is 0 Å². The molecule has 0 aliphatic carbocycles. The Hall–Kier alpha value is -1.12. The first-order chi connectivity index (χ1) is 6.95. The molecule has 0 amide bonds. The summed E-state index contributed by atoms with van der Waals surface area (Å²) < 4.78 is 5.08. The second-order valence-electron chi connectivity index (χ2n) is 4.39. The Morgan fingerprint density at radius 3 is 2.33 bits per heavy atom. The number of carbonyl (C=O) groups is 2. The second kappa shape index (κ2) is 7.21. The number of hydrogen-bond donors (Lipinski definition) is 0. The van der Waals surface area contributed by atoms with Crippen molar-refractivity contribution in [2.45, 2.75) is 52.1 Å². The summed E-state index contributed by atoms with van der Waals surface area (Å²) in [6.45, 7) is 5.51. The number of unbranched alkanes of at least 4 members (excludes halogenated alkanes) is 3. The zero-order chi connectivity index (χ0) is 11.7. The first kappa shape index (κ1) is 13.9. The second-order valence-corrected chi connectivity index (χ2v) is 4.39. The molecular formula is C12H20O3. The Balaban J connectivity index is 3.59. The molecular weight excluding hydrogens is 192 g/mol. The molecule has 0 rings (SSSR count). The summed E-state index contributed by atoms with van der Waals surface area (Å²) in [4.78, 5) is 21.2. The van der Waals surface area contributed by atoms with Crippen LogP contribution in [0.25, 0.3) is 0 Å². The number of rotatable bonds is 6. The van der Waals surface area contributed by atoms with Crippen molar-refractivity contribution in [3.05, 3.63) is 12.2 Å². The lowest BCUT2D eigenvalue weighted by molar-refractivity contribution is -0.148. The Bertz CT molecular complexity index is 224. The standard InChI is InChI=1S/C12H20O3/c1-12(2,3)15-11(14)9-7-5-4-6-8-10-13/h7,9-10H,4-6,8H2,1-3H3/b9-7+. The third-order valence-corrected chi connectivity index (χ3v) is 1.60. The van der Waals surface area contributed by atoms with Gasteiger partial charge >= 0.3 is 5.97 Å². The van der Waals surface area contributed by atoms with Gasteiger partial charge in [-0.15, -0.1) is 0 Å². The molecule has 0 spiro atoms. The highest BCUT2D eigenvalue weighted by molar-refractivity contribution is 5.82. The molecule has 0 heterocycles. The molecule has 3 nitrogen and oxygen atoms in total. The average Bonchev–Trinajstić information content (AvgIpc) is 2.08. The highest BCUT2D eigenvalue weighted by Crippen LogP contribution is 2.07. The molecule has 0 N–H and O–H groups in total. The van der Waals surface area contributed by atoms with Crippen molar-refractivity contribution in [1.29, 1.82) is 0 Å². The van der Waals surface area contributed by atoms with Gasteiger partial charge < -0.3 is 9.53 Å². The van der Waals surface area contributed by atoms with Gasteiger partial charge in [-0.3, -0.25) is 0 Å². The van der Waals surface area contributed by atoms with E-state index in [4.69, 9.17) is 4.74 Å².